The Morgan fingerprint density at radius 2 is 1.47 bits per heavy atom. The third-order valence-electron chi connectivity index (χ3n) is 7.68. The van der Waals surface area contributed by atoms with Crippen LogP contribution in [0.5, 0.6) is 5.88 Å². The Morgan fingerprint density at radius 3 is 2.11 bits per heavy atom. The number of para-hydroxylation sites is 1. The molecule has 2 fully saturated rings. The fourth-order valence-electron chi connectivity index (χ4n) is 5.29. The highest BCUT2D eigenvalue weighted by Crippen LogP contribution is 2.35. The van der Waals surface area contributed by atoms with Gasteiger partial charge in [-0.05, 0) is 17.3 Å². The molecule has 6 aromatic rings. The minimum absolute atomic E-state index is 0.0558. The molecule has 47 heavy (non-hydrogen) atoms. The Balaban J connectivity index is 0.000000161. The van der Waals surface area contributed by atoms with E-state index >= 15 is 0 Å². The summed E-state index contributed by atoms with van der Waals surface area (Å²) in [5, 5.41) is 45.6. The molecule has 0 spiro atoms. The first-order valence-corrected chi connectivity index (χ1v) is 14.0. The number of H-pyrrole nitrogens is 1. The lowest BCUT2D eigenvalue weighted by atomic mass is 10.1. The summed E-state index contributed by atoms with van der Waals surface area (Å²) in [4.78, 5) is 40.9. The molecular weight excluding hydrogens is 632 g/mol. The number of nitrogens with zero attached hydrogens (tertiary/aromatic N) is 10. The maximum absolute atomic E-state index is 14.5. The van der Waals surface area contributed by atoms with Crippen molar-refractivity contribution in [2.75, 3.05) is 13.2 Å². The maximum atomic E-state index is 14.5. The highest BCUT2D eigenvalue weighted by molar-refractivity contribution is 5.77. The molecule has 21 heteroatoms. The van der Waals surface area contributed by atoms with Gasteiger partial charge in [-0.15, -0.1) is 5.10 Å². The van der Waals surface area contributed by atoms with Crippen LogP contribution in [0.15, 0.2) is 54.4 Å². The average Bonchev–Trinajstić information content (AvgIpc) is 3.91. The predicted octanol–water partition coefficient (Wildman–Crippen LogP) is -1.29. The first-order chi connectivity index (χ1) is 22.8. The Bertz CT molecular complexity index is 2090. The average molecular weight is 658 g/mol. The summed E-state index contributed by atoms with van der Waals surface area (Å²) in [7, 11) is 0. The Hall–Kier alpha value is -5.06. The molecule has 2 aliphatic heterocycles. The van der Waals surface area contributed by atoms with Gasteiger partial charge in [0.2, 0.25) is 0 Å². The van der Waals surface area contributed by atoms with Gasteiger partial charge in [-0.3, -0.25) is 13.9 Å². The van der Waals surface area contributed by atoms with Crippen LogP contribution in [0.1, 0.15) is 12.5 Å². The molecule has 0 amide bonds. The smallest absolute Gasteiger partial charge is 0.280 e. The third-order valence-corrected chi connectivity index (χ3v) is 7.68. The number of benzene rings is 1. The minimum atomic E-state index is -1.76. The van der Waals surface area contributed by atoms with Gasteiger partial charge >= 0.3 is 0 Å². The van der Waals surface area contributed by atoms with Crippen molar-refractivity contribution in [1.82, 2.24) is 54.2 Å². The van der Waals surface area contributed by atoms with Gasteiger partial charge in [-0.1, -0.05) is 17.0 Å². The van der Waals surface area contributed by atoms with Gasteiger partial charge < -0.3 is 39.7 Å². The topological polar surface area (TPSA) is 246 Å². The number of hydrogen-bond donors (Lipinski definition) is 5. The van der Waals surface area contributed by atoms with Crippen molar-refractivity contribution >= 4 is 33.4 Å². The molecule has 8 atom stereocenters. The predicted molar refractivity (Wildman–Crippen MR) is 151 cm³/mol. The summed E-state index contributed by atoms with van der Waals surface area (Å²) in [5.41, 5.74) is 1.53. The lowest BCUT2D eigenvalue weighted by Crippen LogP contribution is -2.30. The van der Waals surface area contributed by atoms with E-state index in [1.165, 1.54) is 39.3 Å². The van der Waals surface area contributed by atoms with Gasteiger partial charge in [0.15, 0.2) is 47.1 Å². The maximum Gasteiger partial charge on any atom is 0.280 e. The second kappa shape index (κ2) is 12.3. The molecule has 0 bridgehead atoms. The monoisotopic (exact) mass is 657 g/mol. The fraction of sp³-hybridized carbons (Fsp3) is 0.385. The van der Waals surface area contributed by atoms with E-state index in [0.717, 1.165) is 0 Å². The summed E-state index contributed by atoms with van der Waals surface area (Å²) in [6.45, 7) is -1.01. The lowest BCUT2D eigenvalue weighted by molar-refractivity contribution is -0.0459. The van der Waals surface area contributed by atoms with Crippen molar-refractivity contribution in [1.29, 1.82) is 0 Å². The summed E-state index contributed by atoms with van der Waals surface area (Å²) in [6.07, 6.45) is -5.85. The first-order valence-electron chi connectivity index (χ1n) is 14.0. The van der Waals surface area contributed by atoms with E-state index in [4.69, 9.17) is 19.4 Å². The number of aliphatic hydroxyl groups excluding tert-OH is 4. The van der Waals surface area contributed by atoms with Gasteiger partial charge in [0.25, 0.3) is 11.4 Å². The second-order valence-corrected chi connectivity index (χ2v) is 10.5. The highest BCUT2D eigenvalue weighted by atomic mass is 19.1. The number of halogens is 2. The molecule has 0 radical (unpaired) electrons. The van der Waals surface area contributed by atoms with E-state index in [0.29, 0.717) is 11.0 Å². The molecular formula is C26H25F2N11O8. The van der Waals surface area contributed by atoms with Crippen LogP contribution in [0.4, 0.5) is 8.78 Å². The number of aliphatic hydroxyl groups is 4. The third kappa shape index (κ3) is 5.23. The summed E-state index contributed by atoms with van der Waals surface area (Å²) < 4.78 is 41.6. The van der Waals surface area contributed by atoms with Crippen molar-refractivity contribution in [2.45, 2.75) is 49.2 Å². The number of rotatable bonds is 6. The number of hydrogen-bond acceptors (Lipinski definition) is 15. The van der Waals surface area contributed by atoms with Gasteiger partial charge in [-0.2, -0.15) is 4.98 Å². The number of fused-ring (bicyclic) bond motifs is 3. The molecule has 1 aromatic carbocycles. The number of aromatic nitrogens is 11. The quantitative estimate of drug-likeness (QED) is 0.140. The normalized spacial score (nSPS) is 27.4. The zero-order valence-electron chi connectivity index (χ0n) is 23.8. The van der Waals surface area contributed by atoms with E-state index in [1.807, 2.05) is 12.1 Å². The number of alkyl halides is 2. The molecule has 2 saturated heterocycles. The Morgan fingerprint density at radius 1 is 0.851 bits per heavy atom. The molecule has 19 nitrogen and oxygen atoms in total. The number of imidazole rings is 2. The summed E-state index contributed by atoms with van der Waals surface area (Å²) in [6, 6.07) is 7.21. The molecule has 5 N–H and O–H groups in total. The van der Waals surface area contributed by atoms with Crippen LogP contribution in [0.3, 0.4) is 0 Å². The van der Waals surface area contributed by atoms with E-state index < -0.39 is 68.0 Å². The minimum Gasteiger partial charge on any atom is -0.394 e. The molecule has 0 aliphatic carbocycles. The Labute approximate surface area is 259 Å². The van der Waals surface area contributed by atoms with Crippen LogP contribution >= 0.6 is 0 Å². The standard InChI is InChI=1S/C16H14FN7O4.C10H11FN4O4/c17-11-13(26)10(5-25)27-16(11)23-7-20-12-14(23)18-6-19-15(12)28-24-9-4-2-1-3-8(9)21-22-24;11-5-7(17)4(1-16)19-10(5)15-3-14-6-8(15)12-2-13-9(6)18/h1-4,6-7,10-11,13,16,25-26H,5H2;2-5,7,10,16-17H,1H2,(H,12,13,18)/t10-,11-,13-,16-;4-,5-,7-,10-/m11/s1. The molecule has 5 aromatic heterocycles. The lowest BCUT2D eigenvalue weighted by Gasteiger charge is -2.14. The van der Waals surface area contributed by atoms with Gasteiger partial charge in [0.1, 0.15) is 41.8 Å². The van der Waals surface area contributed by atoms with Crippen molar-refractivity contribution in [3.8, 4) is 5.88 Å². The van der Waals surface area contributed by atoms with Crippen molar-refractivity contribution in [3.05, 3.63) is 59.9 Å². The van der Waals surface area contributed by atoms with Crippen LogP contribution in [0.2, 0.25) is 0 Å². The van der Waals surface area contributed by atoms with Gasteiger partial charge in [0, 0.05) is 0 Å². The van der Waals surface area contributed by atoms with Gasteiger partial charge in [0.05, 0.1) is 32.2 Å². The number of nitrogens with one attached hydrogen (secondary N) is 1. The van der Waals surface area contributed by atoms with E-state index in [1.54, 1.807) is 12.1 Å². The second-order valence-electron chi connectivity index (χ2n) is 10.5. The van der Waals surface area contributed by atoms with Crippen LogP contribution in [0.25, 0.3) is 33.4 Å². The first kappa shape index (κ1) is 30.6. The van der Waals surface area contributed by atoms with E-state index in [2.05, 4.69) is 40.2 Å². The SMILES string of the molecule is O=c1[nH]cnc2c1ncn2[C@@H]1O[C@H](CO)[C@@H](O)[C@H]1F.OC[C@H]1O[C@@H](n2cnc3c(On4nnc5ccccc54)ncnc32)[C@H](F)[C@@H]1O. The van der Waals surface area contributed by atoms with Crippen molar-refractivity contribution < 1.29 is 43.5 Å². The van der Waals surface area contributed by atoms with Crippen molar-refractivity contribution in [2.24, 2.45) is 0 Å². The van der Waals surface area contributed by atoms with E-state index in [9.17, 15) is 28.9 Å². The van der Waals surface area contributed by atoms with Crippen LogP contribution < -0.4 is 10.4 Å². The zero-order valence-corrected chi connectivity index (χ0v) is 23.8. The van der Waals surface area contributed by atoms with Crippen LogP contribution in [0, 0.1) is 0 Å². The summed E-state index contributed by atoms with van der Waals surface area (Å²) in [5.74, 6) is 0.0899. The molecule has 8 rings (SSSR count). The molecule has 0 saturated carbocycles. The van der Waals surface area contributed by atoms with Crippen LogP contribution in [-0.2, 0) is 9.47 Å². The Kier molecular flexibility index (Phi) is 7.99. The zero-order chi connectivity index (χ0) is 32.8. The molecule has 7 heterocycles. The number of aromatic amines is 1. The van der Waals surface area contributed by atoms with E-state index in [-0.39, 0.29) is 28.2 Å². The molecule has 2 aliphatic rings. The largest absolute Gasteiger partial charge is 0.394 e. The fourth-order valence-corrected chi connectivity index (χ4v) is 5.29. The highest BCUT2D eigenvalue weighted by Gasteiger charge is 2.46. The van der Waals surface area contributed by atoms with Crippen molar-refractivity contribution in [3.63, 3.8) is 0 Å². The molecule has 246 valence electrons. The summed E-state index contributed by atoms with van der Waals surface area (Å²) >= 11 is 0. The molecule has 0 unspecified atom stereocenters. The van der Waals surface area contributed by atoms with Crippen LogP contribution in [-0.4, -0.2) is 125 Å². The number of ether oxygens (including phenoxy) is 2. The van der Waals surface area contributed by atoms with Gasteiger partial charge in [-0.25, -0.2) is 28.7 Å².